The second-order valence-electron chi connectivity index (χ2n) is 12.5. The highest BCUT2D eigenvalue weighted by Gasteiger charge is 2.51. The van der Waals surface area contributed by atoms with Crippen LogP contribution in [0.5, 0.6) is 0 Å². The van der Waals surface area contributed by atoms with Gasteiger partial charge in [0.25, 0.3) is 0 Å². The smallest absolute Gasteiger partial charge is 0.316 e. The van der Waals surface area contributed by atoms with Crippen molar-refractivity contribution in [2.75, 3.05) is 6.61 Å². The first-order valence-electron chi connectivity index (χ1n) is 14.8. The normalized spacial score (nSPS) is 45.7. The van der Waals surface area contributed by atoms with Crippen LogP contribution in [-0.4, -0.2) is 63.7 Å². The van der Waals surface area contributed by atoms with Crippen molar-refractivity contribution >= 4 is 5.97 Å². The number of esters is 1. The third-order valence-corrected chi connectivity index (χ3v) is 9.18. The summed E-state index contributed by atoms with van der Waals surface area (Å²) in [4.78, 5) is 13.8. The van der Waals surface area contributed by atoms with Gasteiger partial charge in [0.2, 0.25) is 0 Å². The van der Waals surface area contributed by atoms with Crippen molar-refractivity contribution < 1.29 is 34.3 Å². The van der Waals surface area contributed by atoms with Crippen LogP contribution in [0.15, 0.2) is 47.1 Å². The zero-order chi connectivity index (χ0) is 28.4. The fourth-order valence-electron chi connectivity index (χ4n) is 6.78. The monoisotopic (exact) mass is 544 g/mol. The van der Waals surface area contributed by atoms with Gasteiger partial charge in [0, 0.05) is 25.7 Å². The first-order chi connectivity index (χ1) is 18.5. The molecule has 3 heterocycles. The lowest BCUT2D eigenvalue weighted by Crippen LogP contribution is -2.55. The highest BCUT2D eigenvalue weighted by molar-refractivity contribution is 5.78. The predicted octanol–water partition coefficient (Wildman–Crippen LogP) is 4.91. The van der Waals surface area contributed by atoms with Crippen LogP contribution in [0.2, 0.25) is 0 Å². The number of aliphatic hydroxyl groups excluding tert-OH is 2. The first kappa shape index (κ1) is 30.2. The van der Waals surface area contributed by atoms with E-state index in [1.165, 1.54) is 5.57 Å². The summed E-state index contributed by atoms with van der Waals surface area (Å²) in [6.45, 7) is 9.89. The lowest BCUT2D eigenvalue weighted by atomic mass is 9.71. The molecular weight excluding hydrogens is 496 g/mol. The highest BCUT2D eigenvalue weighted by Crippen LogP contribution is 2.45. The SMILES string of the molecule is CC[C@H]1O[C@]2(CC[C@@H]1C)C[C@@H]1C[C@@H](C/C=C(\C)C[C@@H](C)/C=C/C=C(\CO)[C@]3(O)C[C@H](O)C(C)=C[C@H]3C(=O)O1)O2. The molecule has 0 aromatic heterocycles. The number of hydrogen-bond acceptors (Lipinski definition) is 7. The summed E-state index contributed by atoms with van der Waals surface area (Å²) in [6, 6.07) is 0. The molecule has 39 heavy (non-hydrogen) atoms. The molecule has 0 amide bonds. The maximum atomic E-state index is 13.8. The van der Waals surface area contributed by atoms with Gasteiger partial charge in [-0.05, 0) is 62.5 Å². The Bertz CT molecular complexity index is 1010. The first-order valence-corrected chi connectivity index (χ1v) is 14.8. The molecule has 4 rings (SSSR count). The largest absolute Gasteiger partial charge is 0.462 e. The number of aliphatic hydroxyl groups is 3. The van der Waals surface area contributed by atoms with Gasteiger partial charge in [0.15, 0.2) is 5.79 Å². The van der Waals surface area contributed by atoms with Gasteiger partial charge in [-0.25, -0.2) is 0 Å². The van der Waals surface area contributed by atoms with E-state index in [0.29, 0.717) is 30.8 Å². The van der Waals surface area contributed by atoms with E-state index in [-0.39, 0.29) is 30.1 Å². The number of allylic oxidation sites excluding steroid dienone is 4. The minimum Gasteiger partial charge on any atom is -0.462 e. The van der Waals surface area contributed by atoms with Crippen molar-refractivity contribution in [1.29, 1.82) is 0 Å². The molecule has 0 radical (unpaired) electrons. The Labute approximate surface area is 233 Å². The predicted molar refractivity (Wildman–Crippen MR) is 150 cm³/mol. The van der Waals surface area contributed by atoms with E-state index >= 15 is 0 Å². The summed E-state index contributed by atoms with van der Waals surface area (Å²) in [5.74, 6) is -1.73. The maximum Gasteiger partial charge on any atom is 0.316 e. The highest BCUT2D eigenvalue weighted by atomic mass is 16.7. The number of hydrogen-bond donors (Lipinski definition) is 3. The van der Waals surface area contributed by atoms with Crippen molar-refractivity contribution in [3.8, 4) is 0 Å². The van der Waals surface area contributed by atoms with E-state index < -0.39 is 42.1 Å². The third kappa shape index (κ3) is 6.76. The van der Waals surface area contributed by atoms with Gasteiger partial charge in [-0.15, -0.1) is 0 Å². The standard InChI is InChI=1S/C32H48O7/c1-6-29-22(4)12-13-31(39-29)17-26-16-25(38-31)11-10-21(3)14-20(2)8-7-9-24(19-33)32(36)18-28(34)23(5)15-27(32)30(35)37-26/h7-10,15,20,22,25-29,33-34,36H,6,11-14,16-19H2,1-5H3/b8-7+,21-10+,24-9+/t20-,22-,25+,26-,27-,28-,29+,31+,32+/m0/s1. The molecule has 3 aliphatic heterocycles. The Hall–Kier alpha value is -1.77. The molecule has 0 unspecified atom stereocenters. The third-order valence-electron chi connectivity index (χ3n) is 9.18. The van der Waals surface area contributed by atoms with E-state index in [0.717, 1.165) is 25.7 Å². The second kappa shape index (κ2) is 12.4. The maximum absolute atomic E-state index is 13.8. The van der Waals surface area contributed by atoms with Gasteiger partial charge >= 0.3 is 5.97 Å². The van der Waals surface area contributed by atoms with E-state index in [1.54, 1.807) is 19.1 Å². The van der Waals surface area contributed by atoms with E-state index in [4.69, 9.17) is 14.2 Å². The minimum atomic E-state index is -1.77. The fourth-order valence-corrected chi connectivity index (χ4v) is 6.78. The Balaban J connectivity index is 1.72. The molecule has 4 aliphatic rings. The molecule has 9 atom stereocenters. The van der Waals surface area contributed by atoms with Crippen LogP contribution in [0.4, 0.5) is 0 Å². The molecule has 0 aromatic rings. The zero-order valence-electron chi connectivity index (χ0n) is 24.3. The van der Waals surface area contributed by atoms with Crippen LogP contribution in [-0.2, 0) is 19.0 Å². The molecule has 7 heteroatoms. The van der Waals surface area contributed by atoms with Crippen LogP contribution in [0.3, 0.4) is 0 Å². The average Bonchev–Trinajstić information content (AvgIpc) is 2.88. The van der Waals surface area contributed by atoms with Gasteiger partial charge < -0.3 is 29.5 Å². The van der Waals surface area contributed by atoms with E-state index in [2.05, 4.69) is 33.8 Å². The van der Waals surface area contributed by atoms with Crippen molar-refractivity contribution in [3.63, 3.8) is 0 Å². The summed E-state index contributed by atoms with van der Waals surface area (Å²) in [6.07, 6.45) is 13.0. The molecule has 0 aromatic carbocycles. The molecular formula is C32H48O7. The molecule has 1 aliphatic carbocycles. The number of carbonyl (C=O) groups excluding carboxylic acids is 1. The Kier molecular flexibility index (Phi) is 9.60. The van der Waals surface area contributed by atoms with Crippen molar-refractivity contribution in [2.45, 2.75) is 122 Å². The molecule has 218 valence electrons. The Morgan fingerprint density at radius 1 is 1.13 bits per heavy atom. The summed E-state index contributed by atoms with van der Waals surface area (Å²) >= 11 is 0. The van der Waals surface area contributed by atoms with Crippen LogP contribution >= 0.6 is 0 Å². The minimum absolute atomic E-state index is 0.0874. The fraction of sp³-hybridized carbons (Fsp3) is 0.719. The van der Waals surface area contributed by atoms with Crippen molar-refractivity contribution in [1.82, 2.24) is 0 Å². The molecule has 1 spiro atoms. The molecule has 3 N–H and O–H groups in total. The second-order valence-corrected chi connectivity index (χ2v) is 12.5. The molecule has 0 saturated carbocycles. The number of fused-ring (bicyclic) bond motifs is 3. The average molecular weight is 545 g/mol. The lowest BCUT2D eigenvalue weighted by molar-refractivity contribution is -0.335. The van der Waals surface area contributed by atoms with Gasteiger partial charge in [-0.1, -0.05) is 56.7 Å². The van der Waals surface area contributed by atoms with Crippen molar-refractivity contribution in [2.24, 2.45) is 17.8 Å². The zero-order valence-corrected chi connectivity index (χ0v) is 24.3. The molecule has 7 nitrogen and oxygen atoms in total. The number of carbonyl (C=O) groups is 1. The van der Waals surface area contributed by atoms with E-state index in [9.17, 15) is 20.1 Å². The van der Waals surface area contributed by atoms with Crippen LogP contribution in [0.1, 0.15) is 86.0 Å². The van der Waals surface area contributed by atoms with Crippen LogP contribution < -0.4 is 0 Å². The van der Waals surface area contributed by atoms with Gasteiger partial charge in [0.1, 0.15) is 17.6 Å². The quantitative estimate of drug-likeness (QED) is 0.335. The van der Waals surface area contributed by atoms with Crippen LogP contribution in [0, 0.1) is 17.8 Å². The van der Waals surface area contributed by atoms with Crippen LogP contribution in [0.25, 0.3) is 0 Å². The molecule has 2 saturated heterocycles. The molecule has 2 bridgehead atoms. The number of ether oxygens (including phenoxy) is 3. The Morgan fingerprint density at radius 2 is 1.90 bits per heavy atom. The lowest BCUT2D eigenvalue weighted by Gasteiger charge is -2.50. The van der Waals surface area contributed by atoms with Crippen molar-refractivity contribution in [3.05, 3.63) is 47.1 Å². The van der Waals surface area contributed by atoms with Gasteiger partial charge in [-0.2, -0.15) is 0 Å². The summed E-state index contributed by atoms with van der Waals surface area (Å²) in [7, 11) is 0. The Morgan fingerprint density at radius 3 is 2.62 bits per heavy atom. The van der Waals surface area contributed by atoms with Gasteiger partial charge in [0.05, 0.1) is 24.9 Å². The van der Waals surface area contributed by atoms with Gasteiger partial charge in [-0.3, -0.25) is 4.79 Å². The summed E-state index contributed by atoms with van der Waals surface area (Å²) in [5.41, 5.74) is 0.376. The number of rotatable bonds is 2. The topological polar surface area (TPSA) is 105 Å². The molecule has 2 fully saturated rings. The van der Waals surface area contributed by atoms with E-state index in [1.807, 2.05) is 12.2 Å². The summed E-state index contributed by atoms with van der Waals surface area (Å²) < 4.78 is 19.4. The summed E-state index contributed by atoms with van der Waals surface area (Å²) in [5, 5.41) is 32.7.